The van der Waals surface area contributed by atoms with Gasteiger partial charge in [0.15, 0.2) is 23.2 Å². The van der Waals surface area contributed by atoms with E-state index in [1.54, 1.807) is 22.3 Å². The molecule has 0 saturated heterocycles. The Kier molecular flexibility index (Phi) is 5.15. The predicted molar refractivity (Wildman–Crippen MR) is 112 cm³/mol. The lowest BCUT2D eigenvalue weighted by Gasteiger charge is -2.20. The second kappa shape index (κ2) is 7.59. The van der Waals surface area contributed by atoms with Gasteiger partial charge in [-0.3, -0.25) is 9.69 Å². The second-order valence-electron chi connectivity index (χ2n) is 7.94. The van der Waals surface area contributed by atoms with Crippen LogP contribution in [0.2, 0.25) is 0 Å². The third-order valence-electron chi connectivity index (χ3n) is 5.08. The predicted octanol–water partition coefficient (Wildman–Crippen LogP) is 4.33. The quantitative estimate of drug-likeness (QED) is 0.680. The Labute approximate surface area is 170 Å². The summed E-state index contributed by atoms with van der Waals surface area (Å²) in [7, 11) is 0. The van der Waals surface area contributed by atoms with Crippen LogP contribution in [0.4, 0.5) is 5.13 Å². The van der Waals surface area contributed by atoms with Gasteiger partial charge in [-0.25, -0.2) is 4.98 Å². The van der Waals surface area contributed by atoms with Gasteiger partial charge in [-0.05, 0) is 45.6 Å². The van der Waals surface area contributed by atoms with Crippen molar-refractivity contribution in [3.8, 4) is 11.5 Å². The van der Waals surface area contributed by atoms with Crippen LogP contribution in [0.3, 0.4) is 0 Å². The van der Waals surface area contributed by atoms with Crippen LogP contribution in [0.25, 0.3) is 0 Å². The summed E-state index contributed by atoms with van der Waals surface area (Å²) >= 11 is 1.62. The molecule has 2 aliphatic rings. The SMILES string of the molecule is C=CCN(C(=O)COc1cccc2c1OC(C)(C)C2)c1nc2c(s1)CCCC2. The maximum Gasteiger partial charge on any atom is 0.266 e. The van der Waals surface area contributed by atoms with Crippen LogP contribution in [0.1, 0.15) is 42.8 Å². The normalized spacial score (nSPS) is 16.6. The topological polar surface area (TPSA) is 51.7 Å². The number of hydrogen-bond acceptors (Lipinski definition) is 5. The number of anilines is 1. The number of carbonyl (C=O) groups excluding carboxylic acids is 1. The summed E-state index contributed by atoms with van der Waals surface area (Å²) in [5.41, 5.74) is 2.01. The highest BCUT2D eigenvalue weighted by molar-refractivity contribution is 7.16. The van der Waals surface area contributed by atoms with Gasteiger partial charge in [-0.1, -0.05) is 18.2 Å². The van der Waals surface area contributed by atoms with E-state index in [0.717, 1.165) is 41.4 Å². The summed E-state index contributed by atoms with van der Waals surface area (Å²) in [5.74, 6) is 1.24. The summed E-state index contributed by atoms with van der Waals surface area (Å²) < 4.78 is 11.9. The molecule has 1 aliphatic heterocycles. The van der Waals surface area contributed by atoms with Crippen molar-refractivity contribution in [1.29, 1.82) is 0 Å². The second-order valence-corrected chi connectivity index (χ2v) is 9.00. The van der Waals surface area contributed by atoms with E-state index >= 15 is 0 Å². The Morgan fingerprint density at radius 1 is 1.39 bits per heavy atom. The number of nitrogens with zero attached hydrogens (tertiary/aromatic N) is 2. The average molecular weight is 399 g/mol. The van der Waals surface area contributed by atoms with Crippen LogP contribution in [0.5, 0.6) is 11.5 Å². The van der Waals surface area contributed by atoms with Gasteiger partial charge in [0.25, 0.3) is 5.91 Å². The molecule has 0 bridgehead atoms. The summed E-state index contributed by atoms with van der Waals surface area (Å²) in [5, 5.41) is 0.746. The van der Waals surface area contributed by atoms with Crippen molar-refractivity contribution in [2.45, 2.75) is 51.6 Å². The number of fused-ring (bicyclic) bond motifs is 2. The van der Waals surface area contributed by atoms with Gasteiger partial charge < -0.3 is 9.47 Å². The molecule has 0 unspecified atom stereocenters. The summed E-state index contributed by atoms with van der Waals surface area (Å²) in [6.07, 6.45) is 6.99. The molecule has 148 valence electrons. The molecule has 1 amide bonds. The Morgan fingerprint density at radius 2 is 2.21 bits per heavy atom. The van der Waals surface area contributed by atoms with Crippen molar-refractivity contribution < 1.29 is 14.3 Å². The lowest BCUT2D eigenvalue weighted by atomic mass is 10.0. The van der Waals surface area contributed by atoms with E-state index in [-0.39, 0.29) is 18.1 Å². The minimum absolute atomic E-state index is 0.0572. The van der Waals surface area contributed by atoms with Crippen LogP contribution >= 0.6 is 11.3 Å². The maximum atomic E-state index is 12.9. The van der Waals surface area contributed by atoms with E-state index in [2.05, 4.69) is 20.4 Å². The van der Waals surface area contributed by atoms with Gasteiger partial charge in [-0.2, -0.15) is 0 Å². The lowest BCUT2D eigenvalue weighted by molar-refractivity contribution is -0.120. The lowest BCUT2D eigenvalue weighted by Crippen LogP contribution is -2.35. The zero-order valence-electron chi connectivity index (χ0n) is 16.5. The molecule has 2 heterocycles. The summed E-state index contributed by atoms with van der Waals surface area (Å²) in [4.78, 5) is 20.6. The number of amides is 1. The first-order valence-electron chi connectivity index (χ1n) is 9.80. The first kappa shape index (κ1) is 19.0. The molecule has 2 aromatic rings. The summed E-state index contributed by atoms with van der Waals surface area (Å²) in [6.45, 7) is 8.27. The molecule has 1 aromatic heterocycles. The average Bonchev–Trinajstić information content (AvgIpc) is 3.23. The fourth-order valence-corrected chi connectivity index (χ4v) is 4.96. The first-order chi connectivity index (χ1) is 13.5. The van der Waals surface area contributed by atoms with Crippen molar-refractivity contribution in [2.75, 3.05) is 18.1 Å². The van der Waals surface area contributed by atoms with E-state index < -0.39 is 0 Å². The fraction of sp³-hybridized carbons (Fsp3) is 0.455. The smallest absolute Gasteiger partial charge is 0.266 e. The molecule has 0 fully saturated rings. The molecule has 0 N–H and O–H groups in total. The molecule has 0 spiro atoms. The molecule has 5 nitrogen and oxygen atoms in total. The monoisotopic (exact) mass is 398 g/mol. The minimum atomic E-state index is -0.249. The molecule has 0 radical (unpaired) electrons. The molecular formula is C22H26N2O3S. The number of carbonyl (C=O) groups is 1. The van der Waals surface area contributed by atoms with E-state index in [9.17, 15) is 4.79 Å². The zero-order valence-corrected chi connectivity index (χ0v) is 17.3. The summed E-state index contributed by atoms with van der Waals surface area (Å²) in [6, 6.07) is 5.84. The van der Waals surface area contributed by atoms with E-state index in [0.29, 0.717) is 12.3 Å². The number of ether oxygens (including phenoxy) is 2. The highest BCUT2D eigenvalue weighted by Crippen LogP contribution is 2.41. The van der Waals surface area contributed by atoms with E-state index in [1.807, 2.05) is 18.2 Å². The highest BCUT2D eigenvalue weighted by Gasteiger charge is 2.32. The number of aryl methyl sites for hydroxylation is 2. The van der Waals surface area contributed by atoms with Gasteiger partial charge >= 0.3 is 0 Å². The Balaban J connectivity index is 1.49. The van der Waals surface area contributed by atoms with E-state index in [4.69, 9.17) is 14.5 Å². The third kappa shape index (κ3) is 3.78. The fourth-order valence-electron chi connectivity index (χ4n) is 3.79. The van der Waals surface area contributed by atoms with Gasteiger partial charge in [-0.15, -0.1) is 17.9 Å². The van der Waals surface area contributed by atoms with Crippen LogP contribution in [-0.4, -0.2) is 29.6 Å². The number of aromatic nitrogens is 1. The Morgan fingerprint density at radius 3 is 3.00 bits per heavy atom. The van der Waals surface area contributed by atoms with Crippen molar-refractivity contribution >= 4 is 22.4 Å². The molecule has 0 saturated carbocycles. The number of hydrogen-bond donors (Lipinski definition) is 0. The minimum Gasteiger partial charge on any atom is -0.483 e. The number of rotatable bonds is 6. The molecule has 1 aliphatic carbocycles. The maximum absolute atomic E-state index is 12.9. The van der Waals surface area contributed by atoms with Crippen molar-refractivity contribution in [2.24, 2.45) is 0 Å². The zero-order chi connectivity index (χ0) is 19.7. The standard InChI is InChI=1S/C22H26N2O3S/c1-4-12-24(21-23-16-9-5-6-11-18(16)28-21)19(25)14-26-17-10-7-8-15-13-22(2,3)27-20(15)17/h4,7-8,10H,1,5-6,9,11-14H2,2-3H3. The van der Waals surface area contributed by atoms with Crippen molar-refractivity contribution in [3.05, 3.63) is 47.0 Å². The van der Waals surface area contributed by atoms with Gasteiger partial charge in [0, 0.05) is 23.4 Å². The van der Waals surface area contributed by atoms with Crippen LogP contribution < -0.4 is 14.4 Å². The highest BCUT2D eigenvalue weighted by atomic mass is 32.1. The number of thiazole rings is 1. The number of para-hydroxylation sites is 1. The van der Waals surface area contributed by atoms with Crippen LogP contribution in [0, 0.1) is 0 Å². The molecule has 1 aromatic carbocycles. The van der Waals surface area contributed by atoms with Crippen molar-refractivity contribution in [3.63, 3.8) is 0 Å². The van der Waals surface area contributed by atoms with Gasteiger partial charge in [0.1, 0.15) is 5.60 Å². The van der Waals surface area contributed by atoms with Crippen LogP contribution in [-0.2, 0) is 24.1 Å². The molecular weight excluding hydrogens is 372 g/mol. The number of benzene rings is 1. The largest absolute Gasteiger partial charge is 0.483 e. The first-order valence-corrected chi connectivity index (χ1v) is 10.6. The third-order valence-corrected chi connectivity index (χ3v) is 6.26. The van der Waals surface area contributed by atoms with Gasteiger partial charge in [0.05, 0.1) is 5.69 Å². The Bertz CT molecular complexity index is 880. The molecule has 0 atom stereocenters. The van der Waals surface area contributed by atoms with Crippen LogP contribution in [0.15, 0.2) is 30.9 Å². The molecule has 6 heteroatoms. The van der Waals surface area contributed by atoms with Gasteiger partial charge in [0.2, 0.25) is 0 Å². The molecule has 4 rings (SSSR count). The Hall–Kier alpha value is -2.34. The molecule has 28 heavy (non-hydrogen) atoms. The van der Waals surface area contributed by atoms with E-state index in [1.165, 1.54) is 17.7 Å². The van der Waals surface area contributed by atoms with Crippen molar-refractivity contribution in [1.82, 2.24) is 4.98 Å².